The van der Waals surface area contributed by atoms with Crippen molar-refractivity contribution in [2.45, 2.75) is 52.7 Å². The monoisotopic (exact) mass is 335 g/mol. The topological polar surface area (TPSA) is 65.9 Å². The standard InChI is InChI=1S/C18H29N3O3/c1-6-15(22)14-12-19-16(11-13(14)2)20-7-9-21(10-8-20)17(23)24-18(3,4)5/h11-12,15,22H,6-10H2,1-5H3/t15-/m0/s1. The van der Waals surface area contributed by atoms with Crippen LogP contribution in [-0.4, -0.2) is 52.9 Å². The van der Waals surface area contributed by atoms with Gasteiger partial charge in [0.1, 0.15) is 11.4 Å². The molecule has 1 atom stereocenters. The van der Waals surface area contributed by atoms with Gasteiger partial charge in [-0.15, -0.1) is 0 Å². The molecule has 0 saturated carbocycles. The van der Waals surface area contributed by atoms with Crippen molar-refractivity contribution in [2.24, 2.45) is 0 Å². The first-order valence-electron chi connectivity index (χ1n) is 8.58. The van der Waals surface area contributed by atoms with Crippen LogP contribution in [0.5, 0.6) is 0 Å². The Morgan fingerprint density at radius 1 is 1.33 bits per heavy atom. The van der Waals surface area contributed by atoms with E-state index in [9.17, 15) is 9.90 Å². The summed E-state index contributed by atoms with van der Waals surface area (Å²) in [7, 11) is 0. The third-order valence-electron chi connectivity index (χ3n) is 4.14. The summed E-state index contributed by atoms with van der Waals surface area (Å²) in [6, 6.07) is 2.01. The molecule has 0 radical (unpaired) electrons. The van der Waals surface area contributed by atoms with Gasteiger partial charge in [0.25, 0.3) is 0 Å². The number of aryl methyl sites for hydroxylation is 1. The van der Waals surface area contributed by atoms with Gasteiger partial charge in [-0.2, -0.15) is 0 Å². The van der Waals surface area contributed by atoms with Gasteiger partial charge >= 0.3 is 6.09 Å². The number of ether oxygens (including phenoxy) is 1. The van der Waals surface area contributed by atoms with Crippen LogP contribution in [-0.2, 0) is 4.74 Å². The number of aliphatic hydroxyl groups is 1. The molecule has 6 heteroatoms. The van der Waals surface area contributed by atoms with Crippen molar-refractivity contribution >= 4 is 11.9 Å². The van der Waals surface area contributed by atoms with Crippen molar-refractivity contribution in [2.75, 3.05) is 31.1 Å². The number of hydrogen-bond donors (Lipinski definition) is 1. The average molecular weight is 335 g/mol. The Morgan fingerprint density at radius 3 is 2.46 bits per heavy atom. The van der Waals surface area contributed by atoms with Crippen molar-refractivity contribution in [3.05, 3.63) is 23.4 Å². The molecule has 24 heavy (non-hydrogen) atoms. The number of amides is 1. The summed E-state index contributed by atoms with van der Waals surface area (Å²) in [6.07, 6.45) is 1.72. The predicted octanol–water partition coefficient (Wildman–Crippen LogP) is 2.89. The molecule has 1 amide bonds. The predicted molar refractivity (Wildman–Crippen MR) is 94.2 cm³/mol. The Kier molecular flexibility index (Phi) is 5.70. The number of anilines is 1. The van der Waals surface area contributed by atoms with Gasteiger partial charge in [-0.05, 0) is 45.7 Å². The number of rotatable bonds is 3. The molecule has 1 aliphatic heterocycles. The highest BCUT2D eigenvalue weighted by molar-refractivity contribution is 5.68. The van der Waals surface area contributed by atoms with E-state index in [1.807, 2.05) is 40.7 Å². The van der Waals surface area contributed by atoms with Crippen LogP contribution in [0.3, 0.4) is 0 Å². The van der Waals surface area contributed by atoms with Crippen LogP contribution in [0.4, 0.5) is 10.6 Å². The summed E-state index contributed by atoms with van der Waals surface area (Å²) in [5.41, 5.74) is 1.46. The van der Waals surface area contributed by atoms with Crippen LogP contribution < -0.4 is 4.90 Å². The fourth-order valence-corrected chi connectivity index (χ4v) is 2.74. The maximum absolute atomic E-state index is 12.1. The van der Waals surface area contributed by atoms with E-state index in [-0.39, 0.29) is 6.09 Å². The molecule has 2 heterocycles. The van der Waals surface area contributed by atoms with E-state index in [0.29, 0.717) is 19.5 Å². The van der Waals surface area contributed by atoms with E-state index in [2.05, 4.69) is 9.88 Å². The van der Waals surface area contributed by atoms with Crippen molar-refractivity contribution < 1.29 is 14.6 Å². The van der Waals surface area contributed by atoms with Gasteiger partial charge in [0.2, 0.25) is 0 Å². The summed E-state index contributed by atoms with van der Waals surface area (Å²) >= 11 is 0. The third kappa shape index (κ3) is 4.60. The van der Waals surface area contributed by atoms with E-state index in [0.717, 1.165) is 30.0 Å². The molecule has 1 fully saturated rings. The molecule has 1 aliphatic rings. The molecule has 0 spiro atoms. The van der Waals surface area contributed by atoms with Gasteiger partial charge in [0.15, 0.2) is 0 Å². The van der Waals surface area contributed by atoms with Crippen LogP contribution >= 0.6 is 0 Å². The van der Waals surface area contributed by atoms with Gasteiger partial charge in [-0.25, -0.2) is 9.78 Å². The zero-order valence-corrected chi connectivity index (χ0v) is 15.4. The van der Waals surface area contributed by atoms with E-state index >= 15 is 0 Å². The number of aromatic nitrogens is 1. The quantitative estimate of drug-likeness (QED) is 0.920. The summed E-state index contributed by atoms with van der Waals surface area (Å²) < 4.78 is 5.42. The minimum atomic E-state index is -0.469. The Morgan fingerprint density at radius 2 is 1.96 bits per heavy atom. The molecule has 134 valence electrons. The highest BCUT2D eigenvalue weighted by atomic mass is 16.6. The molecule has 2 rings (SSSR count). The molecule has 0 bridgehead atoms. The number of hydrogen-bond acceptors (Lipinski definition) is 5. The second-order valence-corrected chi connectivity index (χ2v) is 7.28. The number of pyridine rings is 1. The SMILES string of the molecule is CC[C@H](O)c1cnc(N2CCN(C(=O)OC(C)(C)C)CC2)cc1C. The average Bonchev–Trinajstić information content (AvgIpc) is 2.52. The lowest BCUT2D eigenvalue weighted by molar-refractivity contribution is 0.0240. The Labute approximate surface area is 144 Å². The molecule has 0 aliphatic carbocycles. The van der Waals surface area contributed by atoms with Crippen molar-refractivity contribution in [3.8, 4) is 0 Å². The van der Waals surface area contributed by atoms with Crippen molar-refractivity contribution in [3.63, 3.8) is 0 Å². The second-order valence-electron chi connectivity index (χ2n) is 7.28. The maximum Gasteiger partial charge on any atom is 0.410 e. The first-order valence-corrected chi connectivity index (χ1v) is 8.58. The summed E-state index contributed by atoms with van der Waals surface area (Å²) in [6.45, 7) is 12.3. The minimum Gasteiger partial charge on any atom is -0.444 e. The molecule has 6 nitrogen and oxygen atoms in total. The lowest BCUT2D eigenvalue weighted by atomic mass is 10.0. The molecule has 1 saturated heterocycles. The summed E-state index contributed by atoms with van der Waals surface area (Å²) in [5, 5.41) is 9.99. The first-order chi connectivity index (χ1) is 11.2. The molecule has 0 unspecified atom stereocenters. The van der Waals surface area contributed by atoms with Crippen molar-refractivity contribution in [1.29, 1.82) is 0 Å². The van der Waals surface area contributed by atoms with Crippen LogP contribution in [0.25, 0.3) is 0 Å². The molecular weight excluding hydrogens is 306 g/mol. The zero-order chi connectivity index (χ0) is 17.9. The number of carbonyl (C=O) groups excluding carboxylic acids is 1. The highest BCUT2D eigenvalue weighted by Crippen LogP contribution is 2.24. The van der Waals surface area contributed by atoms with Crippen LogP contribution in [0, 0.1) is 6.92 Å². The zero-order valence-electron chi connectivity index (χ0n) is 15.4. The lowest BCUT2D eigenvalue weighted by Crippen LogP contribution is -2.50. The lowest BCUT2D eigenvalue weighted by Gasteiger charge is -2.36. The van der Waals surface area contributed by atoms with Gasteiger partial charge in [0.05, 0.1) is 6.10 Å². The number of aliphatic hydroxyl groups excluding tert-OH is 1. The summed E-state index contributed by atoms with van der Waals surface area (Å²) in [4.78, 5) is 20.5. The molecule has 1 aromatic rings. The van der Waals surface area contributed by atoms with Gasteiger partial charge in [-0.1, -0.05) is 6.92 Å². The number of piperazine rings is 1. The first kappa shape index (κ1) is 18.5. The van der Waals surface area contributed by atoms with Crippen LogP contribution in [0.1, 0.15) is 51.3 Å². The minimum absolute atomic E-state index is 0.257. The fourth-order valence-electron chi connectivity index (χ4n) is 2.74. The molecule has 1 N–H and O–H groups in total. The second kappa shape index (κ2) is 7.38. The van der Waals surface area contributed by atoms with E-state index in [1.165, 1.54) is 0 Å². The van der Waals surface area contributed by atoms with Gasteiger partial charge in [-0.3, -0.25) is 0 Å². The van der Waals surface area contributed by atoms with Gasteiger partial charge < -0.3 is 19.6 Å². The number of nitrogens with zero attached hydrogens (tertiary/aromatic N) is 3. The van der Waals surface area contributed by atoms with Crippen molar-refractivity contribution in [1.82, 2.24) is 9.88 Å². The Bertz CT molecular complexity index is 575. The maximum atomic E-state index is 12.1. The smallest absolute Gasteiger partial charge is 0.410 e. The van der Waals surface area contributed by atoms with E-state index < -0.39 is 11.7 Å². The van der Waals surface area contributed by atoms with E-state index in [1.54, 1.807) is 11.1 Å². The fraction of sp³-hybridized carbons (Fsp3) is 0.667. The van der Waals surface area contributed by atoms with Crippen LogP contribution in [0.15, 0.2) is 12.3 Å². The third-order valence-corrected chi connectivity index (χ3v) is 4.14. The Balaban J connectivity index is 1.97. The van der Waals surface area contributed by atoms with E-state index in [4.69, 9.17) is 4.74 Å². The Hall–Kier alpha value is -1.82. The van der Waals surface area contributed by atoms with Crippen LogP contribution in [0.2, 0.25) is 0 Å². The molecular formula is C18H29N3O3. The normalized spacial score (nSPS) is 16.9. The highest BCUT2D eigenvalue weighted by Gasteiger charge is 2.26. The molecule has 0 aromatic carbocycles. The molecule has 1 aromatic heterocycles. The number of carbonyl (C=O) groups is 1. The van der Waals surface area contributed by atoms with Gasteiger partial charge in [0, 0.05) is 37.9 Å². The summed E-state index contributed by atoms with van der Waals surface area (Å²) in [5.74, 6) is 0.892. The largest absolute Gasteiger partial charge is 0.444 e.